The topological polar surface area (TPSA) is 0 Å². The van der Waals surface area contributed by atoms with E-state index in [1.165, 1.54) is 11.7 Å². The van der Waals surface area contributed by atoms with Crippen molar-refractivity contribution in [2.45, 2.75) is 45.2 Å². The van der Waals surface area contributed by atoms with Crippen LogP contribution in [0.15, 0.2) is 30.3 Å². The van der Waals surface area contributed by atoms with Crippen molar-refractivity contribution >= 4 is 7.26 Å². The highest BCUT2D eigenvalue weighted by atomic mass is 31.2. The van der Waals surface area contributed by atoms with Gasteiger partial charge in [0.2, 0.25) is 0 Å². The first-order valence-electron chi connectivity index (χ1n) is 5.85. The Morgan fingerprint density at radius 1 is 0.933 bits per heavy atom. The Bertz CT molecular complexity index is 279. The van der Waals surface area contributed by atoms with E-state index in [0.717, 1.165) is 11.3 Å². The molecule has 0 aliphatic heterocycles. The first kappa shape index (κ1) is 12.7. The highest BCUT2D eigenvalue weighted by molar-refractivity contribution is 7.75. The zero-order chi connectivity index (χ0) is 11.5. The van der Waals surface area contributed by atoms with E-state index in [0.29, 0.717) is 0 Å². The van der Waals surface area contributed by atoms with Gasteiger partial charge in [-0.25, -0.2) is 0 Å². The van der Waals surface area contributed by atoms with Crippen molar-refractivity contribution in [3.63, 3.8) is 0 Å². The molecule has 0 radical (unpaired) electrons. The summed E-state index contributed by atoms with van der Waals surface area (Å²) in [4.78, 5) is 0. The summed E-state index contributed by atoms with van der Waals surface area (Å²) in [5.74, 6) is 0. The van der Waals surface area contributed by atoms with Crippen molar-refractivity contribution in [1.29, 1.82) is 0 Å². The van der Waals surface area contributed by atoms with Crippen LogP contribution in [0.1, 0.15) is 33.3 Å². The average molecular weight is 223 g/mol. The lowest BCUT2D eigenvalue weighted by molar-refractivity contribution is 0.971. The standard InChI is InChI=1S/C14H24P/c1-12(2)15(5,13(3)4)11-14-9-7-6-8-10-14/h6-10,12-13H,11H2,1-5H3/q+1. The molecule has 0 amide bonds. The van der Waals surface area contributed by atoms with Gasteiger partial charge in [-0.3, -0.25) is 0 Å². The molecule has 1 aromatic carbocycles. The fraction of sp³-hybridized carbons (Fsp3) is 0.571. The molecule has 0 aromatic heterocycles. The van der Waals surface area contributed by atoms with E-state index in [4.69, 9.17) is 0 Å². The molecule has 0 saturated heterocycles. The third-order valence-electron chi connectivity index (χ3n) is 3.73. The maximum atomic E-state index is 2.52. The highest BCUT2D eigenvalue weighted by Gasteiger charge is 2.38. The number of hydrogen-bond donors (Lipinski definition) is 0. The average Bonchev–Trinajstić information content (AvgIpc) is 2.18. The van der Waals surface area contributed by atoms with Crippen LogP contribution in [0.3, 0.4) is 0 Å². The van der Waals surface area contributed by atoms with E-state index in [-0.39, 0.29) is 0 Å². The van der Waals surface area contributed by atoms with Gasteiger partial charge in [0.15, 0.2) is 0 Å². The Morgan fingerprint density at radius 2 is 1.40 bits per heavy atom. The first-order valence-corrected chi connectivity index (χ1v) is 8.41. The summed E-state index contributed by atoms with van der Waals surface area (Å²) in [6, 6.07) is 10.9. The Balaban J connectivity index is 2.85. The molecule has 0 heterocycles. The molecule has 84 valence electrons. The van der Waals surface area contributed by atoms with Crippen molar-refractivity contribution in [2.24, 2.45) is 0 Å². The van der Waals surface area contributed by atoms with Gasteiger partial charge in [-0.1, -0.05) is 30.3 Å². The smallest absolute Gasteiger partial charge is 0.0622 e. The molecule has 1 aromatic rings. The minimum absolute atomic E-state index is 0.831. The summed E-state index contributed by atoms with van der Waals surface area (Å²) >= 11 is 0. The van der Waals surface area contributed by atoms with Gasteiger partial charge in [0.25, 0.3) is 0 Å². The van der Waals surface area contributed by atoms with E-state index < -0.39 is 7.26 Å². The van der Waals surface area contributed by atoms with Crippen LogP contribution in [-0.2, 0) is 6.16 Å². The van der Waals surface area contributed by atoms with Crippen LogP contribution in [0.25, 0.3) is 0 Å². The molecule has 15 heavy (non-hydrogen) atoms. The fourth-order valence-corrected chi connectivity index (χ4v) is 4.86. The summed E-state index contributed by atoms with van der Waals surface area (Å²) in [5, 5.41) is 0. The van der Waals surface area contributed by atoms with Crippen molar-refractivity contribution in [2.75, 3.05) is 6.66 Å². The fourth-order valence-electron chi connectivity index (χ4n) is 1.94. The Labute approximate surface area is 95.4 Å². The lowest BCUT2D eigenvalue weighted by Crippen LogP contribution is -2.16. The molecule has 1 rings (SSSR count). The predicted octanol–water partition coefficient (Wildman–Crippen LogP) is 4.65. The van der Waals surface area contributed by atoms with E-state index in [1.54, 1.807) is 0 Å². The SMILES string of the molecule is CC(C)[P+](C)(Cc1ccccc1)C(C)C. The van der Waals surface area contributed by atoms with E-state index >= 15 is 0 Å². The monoisotopic (exact) mass is 223 g/mol. The Hall–Kier alpha value is -0.350. The van der Waals surface area contributed by atoms with Crippen LogP contribution in [0.4, 0.5) is 0 Å². The number of benzene rings is 1. The van der Waals surface area contributed by atoms with Crippen molar-refractivity contribution in [3.05, 3.63) is 35.9 Å². The lowest BCUT2D eigenvalue weighted by atomic mass is 10.2. The second-order valence-electron chi connectivity index (χ2n) is 5.18. The molecule has 0 aliphatic rings. The molecular formula is C14H24P+. The molecule has 1 heteroatoms. The summed E-state index contributed by atoms with van der Waals surface area (Å²) in [6.45, 7) is 12.1. The van der Waals surface area contributed by atoms with E-state index in [1.807, 2.05) is 0 Å². The van der Waals surface area contributed by atoms with Gasteiger partial charge in [0.05, 0.1) is 17.5 Å². The minimum atomic E-state index is -0.835. The number of rotatable bonds is 4. The quantitative estimate of drug-likeness (QED) is 0.652. The molecule has 0 fully saturated rings. The molecular weight excluding hydrogens is 199 g/mol. The van der Waals surface area contributed by atoms with Gasteiger partial charge < -0.3 is 0 Å². The largest absolute Gasteiger partial charge is 0.0845 e. The predicted molar refractivity (Wildman–Crippen MR) is 73.3 cm³/mol. The second-order valence-corrected chi connectivity index (χ2v) is 10.3. The van der Waals surface area contributed by atoms with Crippen LogP contribution < -0.4 is 0 Å². The number of hydrogen-bond acceptors (Lipinski definition) is 0. The van der Waals surface area contributed by atoms with Crippen LogP contribution in [0.2, 0.25) is 0 Å². The van der Waals surface area contributed by atoms with Gasteiger partial charge in [-0.05, 0) is 33.3 Å². The minimum Gasteiger partial charge on any atom is -0.0622 e. The zero-order valence-corrected chi connectivity index (χ0v) is 11.6. The van der Waals surface area contributed by atoms with Gasteiger partial charge in [-0.2, -0.15) is 0 Å². The molecule has 0 aliphatic carbocycles. The van der Waals surface area contributed by atoms with Crippen LogP contribution >= 0.6 is 7.26 Å². The van der Waals surface area contributed by atoms with Gasteiger partial charge in [-0.15, -0.1) is 0 Å². The molecule has 0 unspecified atom stereocenters. The maximum absolute atomic E-state index is 2.52. The zero-order valence-electron chi connectivity index (χ0n) is 10.7. The van der Waals surface area contributed by atoms with Gasteiger partial charge >= 0.3 is 0 Å². The summed E-state index contributed by atoms with van der Waals surface area (Å²) < 4.78 is 0. The Kier molecular flexibility index (Phi) is 4.34. The van der Waals surface area contributed by atoms with Crippen molar-refractivity contribution < 1.29 is 0 Å². The third kappa shape index (κ3) is 3.05. The second kappa shape index (κ2) is 5.12. The van der Waals surface area contributed by atoms with Crippen LogP contribution in [-0.4, -0.2) is 18.0 Å². The third-order valence-corrected chi connectivity index (χ3v) is 9.49. The first-order chi connectivity index (χ1) is 6.97. The summed E-state index contributed by atoms with van der Waals surface area (Å²) in [5.41, 5.74) is 3.17. The molecule has 0 N–H and O–H groups in total. The van der Waals surface area contributed by atoms with Crippen molar-refractivity contribution in [1.82, 2.24) is 0 Å². The highest BCUT2D eigenvalue weighted by Crippen LogP contribution is 2.65. The molecule has 0 bridgehead atoms. The maximum Gasteiger partial charge on any atom is 0.0845 e. The van der Waals surface area contributed by atoms with Crippen LogP contribution in [0.5, 0.6) is 0 Å². The van der Waals surface area contributed by atoms with Gasteiger partial charge in [0, 0.05) is 13.9 Å². The molecule has 0 spiro atoms. The van der Waals surface area contributed by atoms with E-state index in [9.17, 15) is 0 Å². The molecule has 0 nitrogen and oxygen atoms in total. The normalized spacial score (nSPS) is 12.5. The Morgan fingerprint density at radius 3 is 1.80 bits per heavy atom. The summed E-state index contributed by atoms with van der Waals surface area (Å²) in [7, 11) is -0.835. The lowest BCUT2D eigenvalue weighted by Gasteiger charge is -2.31. The van der Waals surface area contributed by atoms with Crippen molar-refractivity contribution in [3.8, 4) is 0 Å². The summed E-state index contributed by atoms with van der Waals surface area (Å²) in [6.07, 6.45) is 1.29. The molecule has 0 atom stereocenters. The van der Waals surface area contributed by atoms with Gasteiger partial charge in [0.1, 0.15) is 0 Å². The molecule has 0 saturated carbocycles. The van der Waals surface area contributed by atoms with E-state index in [2.05, 4.69) is 64.7 Å². The van der Waals surface area contributed by atoms with Crippen LogP contribution in [0, 0.1) is 0 Å².